The normalized spacial score (nSPS) is 23.2. The highest BCUT2D eigenvalue weighted by Gasteiger charge is 2.24. The van der Waals surface area contributed by atoms with E-state index in [-0.39, 0.29) is 12.1 Å². The Hall–Kier alpha value is -0.130. The van der Waals surface area contributed by atoms with Gasteiger partial charge in [0, 0.05) is 17.9 Å². The van der Waals surface area contributed by atoms with Gasteiger partial charge in [0.15, 0.2) is 0 Å². The average molecular weight is 261 g/mol. The molecule has 1 aliphatic rings. The van der Waals surface area contributed by atoms with Crippen LogP contribution in [0.3, 0.4) is 0 Å². The van der Waals surface area contributed by atoms with E-state index in [0.717, 1.165) is 23.8 Å². The molecule has 1 aromatic rings. The first-order chi connectivity index (χ1) is 7.79. The summed E-state index contributed by atoms with van der Waals surface area (Å²) in [6, 6.07) is 4.17. The second-order valence-electron chi connectivity index (χ2n) is 4.09. The molecule has 2 rings (SSSR count). The van der Waals surface area contributed by atoms with E-state index >= 15 is 0 Å². The second kappa shape index (κ2) is 5.98. The smallest absolute Gasteiger partial charge is 0.0931 e. The molecule has 3 N–H and O–H groups in total. The lowest BCUT2D eigenvalue weighted by molar-refractivity contribution is -0.00728. The van der Waals surface area contributed by atoms with Crippen LogP contribution in [0.15, 0.2) is 12.1 Å². The molecule has 0 radical (unpaired) electrons. The molecule has 2 atom stereocenters. The van der Waals surface area contributed by atoms with E-state index in [4.69, 9.17) is 22.2 Å². The maximum absolute atomic E-state index is 5.91. The predicted octanol–water partition coefficient (Wildman–Crippen LogP) is 2.35. The van der Waals surface area contributed by atoms with Gasteiger partial charge in [-0.2, -0.15) is 0 Å². The Labute approximate surface area is 105 Å². The molecule has 0 bridgehead atoms. The Balaban J connectivity index is 1.94. The second-order valence-corrected chi connectivity index (χ2v) is 5.89. The lowest BCUT2D eigenvalue weighted by Crippen LogP contribution is -2.47. The van der Waals surface area contributed by atoms with E-state index < -0.39 is 0 Å². The van der Waals surface area contributed by atoms with Gasteiger partial charge in [-0.25, -0.2) is 0 Å². The summed E-state index contributed by atoms with van der Waals surface area (Å²) in [5, 5.41) is 0. The van der Waals surface area contributed by atoms with Crippen molar-refractivity contribution < 1.29 is 4.74 Å². The molecular formula is C11H17ClN2OS. The first kappa shape index (κ1) is 12.3. The number of nitrogens with two attached hydrogens (primary N) is 1. The third-order valence-electron chi connectivity index (χ3n) is 2.93. The summed E-state index contributed by atoms with van der Waals surface area (Å²) in [6.07, 6.45) is 4.61. The first-order valence-electron chi connectivity index (χ1n) is 5.61. The van der Waals surface area contributed by atoms with E-state index in [1.807, 2.05) is 6.07 Å². The average Bonchev–Trinajstić information content (AvgIpc) is 2.73. The quantitative estimate of drug-likeness (QED) is 0.645. The first-order valence-corrected chi connectivity index (χ1v) is 6.81. The fourth-order valence-electron chi connectivity index (χ4n) is 2.06. The van der Waals surface area contributed by atoms with Gasteiger partial charge in [0.2, 0.25) is 0 Å². The van der Waals surface area contributed by atoms with Crippen LogP contribution < -0.4 is 11.3 Å². The summed E-state index contributed by atoms with van der Waals surface area (Å²) in [5.74, 6) is 5.60. The van der Waals surface area contributed by atoms with Crippen LogP contribution in [0, 0.1) is 0 Å². The van der Waals surface area contributed by atoms with E-state index in [0.29, 0.717) is 0 Å². The van der Waals surface area contributed by atoms with E-state index in [1.54, 1.807) is 11.3 Å². The third-order valence-corrected chi connectivity index (χ3v) is 4.18. The molecule has 1 aromatic heterocycles. The van der Waals surface area contributed by atoms with Crippen molar-refractivity contribution in [2.45, 2.75) is 37.8 Å². The standard InChI is InChI=1S/C11H17ClN2OS/c12-11-5-4-8(16-11)7-9(14-13)10-3-1-2-6-15-10/h4-5,9-10,14H,1-3,6-7,13H2. The monoisotopic (exact) mass is 260 g/mol. The highest BCUT2D eigenvalue weighted by Crippen LogP contribution is 2.25. The minimum absolute atomic E-state index is 0.190. The number of hydrogen-bond acceptors (Lipinski definition) is 4. The highest BCUT2D eigenvalue weighted by atomic mass is 35.5. The maximum atomic E-state index is 5.91. The van der Waals surface area contributed by atoms with Gasteiger partial charge >= 0.3 is 0 Å². The Kier molecular flexibility index (Phi) is 4.61. The van der Waals surface area contributed by atoms with Crippen LogP contribution in [0.25, 0.3) is 0 Å². The molecule has 3 nitrogen and oxygen atoms in total. The number of rotatable bonds is 4. The number of hydrogen-bond donors (Lipinski definition) is 2. The molecule has 0 aliphatic carbocycles. The van der Waals surface area contributed by atoms with Gasteiger partial charge in [-0.15, -0.1) is 11.3 Å². The molecule has 0 amide bonds. The summed E-state index contributed by atoms with van der Waals surface area (Å²) in [4.78, 5) is 1.25. The summed E-state index contributed by atoms with van der Waals surface area (Å²) < 4.78 is 6.57. The molecule has 90 valence electrons. The Morgan fingerprint density at radius 3 is 3.00 bits per heavy atom. The fourth-order valence-corrected chi connectivity index (χ4v) is 3.20. The van der Waals surface area contributed by atoms with Crippen LogP contribution in [0.2, 0.25) is 4.34 Å². The van der Waals surface area contributed by atoms with Gasteiger partial charge in [-0.05, 0) is 31.4 Å². The number of hydrazine groups is 1. The van der Waals surface area contributed by atoms with Crippen molar-refractivity contribution >= 4 is 22.9 Å². The third kappa shape index (κ3) is 3.18. The van der Waals surface area contributed by atoms with Gasteiger partial charge < -0.3 is 4.74 Å². The van der Waals surface area contributed by atoms with Gasteiger partial charge in [-0.3, -0.25) is 11.3 Å². The minimum atomic E-state index is 0.190. The molecule has 5 heteroatoms. The molecule has 1 aliphatic heterocycles. The van der Waals surface area contributed by atoms with Crippen LogP contribution in [-0.4, -0.2) is 18.8 Å². The number of ether oxygens (including phenoxy) is 1. The van der Waals surface area contributed by atoms with Crippen molar-refractivity contribution in [3.8, 4) is 0 Å². The van der Waals surface area contributed by atoms with Gasteiger partial charge in [-0.1, -0.05) is 11.6 Å². The summed E-state index contributed by atoms with van der Waals surface area (Å²) >= 11 is 7.52. The fraction of sp³-hybridized carbons (Fsp3) is 0.636. The van der Waals surface area contributed by atoms with E-state index in [2.05, 4.69) is 11.5 Å². The number of thiophene rings is 1. The lowest BCUT2D eigenvalue weighted by atomic mass is 9.99. The molecular weight excluding hydrogens is 244 g/mol. The number of halogens is 1. The summed E-state index contributed by atoms with van der Waals surface area (Å²) in [5.41, 5.74) is 2.87. The zero-order chi connectivity index (χ0) is 11.4. The minimum Gasteiger partial charge on any atom is -0.377 e. The van der Waals surface area contributed by atoms with Crippen molar-refractivity contribution in [3.05, 3.63) is 21.3 Å². The molecule has 1 fully saturated rings. The van der Waals surface area contributed by atoms with Crippen LogP contribution in [-0.2, 0) is 11.2 Å². The molecule has 2 unspecified atom stereocenters. The Bertz CT molecular complexity index is 326. The van der Waals surface area contributed by atoms with E-state index in [1.165, 1.54) is 17.7 Å². The van der Waals surface area contributed by atoms with Crippen molar-refractivity contribution in [3.63, 3.8) is 0 Å². The van der Waals surface area contributed by atoms with Gasteiger partial charge in [0.25, 0.3) is 0 Å². The molecule has 16 heavy (non-hydrogen) atoms. The van der Waals surface area contributed by atoms with Crippen molar-refractivity contribution in [1.82, 2.24) is 5.43 Å². The molecule has 2 heterocycles. The summed E-state index contributed by atoms with van der Waals surface area (Å²) in [6.45, 7) is 0.855. The molecule has 0 saturated carbocycles. The Morgan fingerprint density at radius 2 is 2.44 bits per heavy atom. The Morgan fingerprint density at radius 1 is 1.56 bits per heavy atom. The van der Waals surface area contributed by atoms with Crippen molar-refractivity contribution in [2.75, 3.05) is 6.61 Å². The summed E-state index contributed by atoms with van der Waals surface area (Å²) in [7, 11) is 0. The SMILES string of the molecule is NNC(Cc1ccc(Cl)s1)C1CCCCO1. The van der Waals surface area contributed by atoms with Gasteiger partial charge in [0.05, 0.1) is 16.5 Å². The topological polar surface area (TPSA) is 47.3 Å². The van der Waals surface area contributed by atoms with Crippen LogP contribution in [0.4, 0.5) is 0 Å². The van der Waals surface area contributed by atoms with Crippen molar-refractivity contribution in [1.29, 1.82) is 0 Å². The van der Waals surface area contributed by atoms with E-state index in [9.17, 15) is 0 Å². The molecule has 0 aromatic carbocycles. The van der Waals surface area contributed by atoms with Crippen LogP contribution >= 0.6 is 22.9 Å². The highest BCUT2D eigenvalue weighted by molar-refractivity contribution is 7.16. The van der Waals surface area contributed by atoms with Crippen LogP contribution in [0.1, 0.15) is 24.1 Å². The lowest BCUT2D eigenvalue weighted by Gasteiger charge is -2.29. The van der Waals surface area contributed by atoms with Crippen molar-refractivity contribution in [2.24, 2.45) is 5.84 Å². The molecule has 1 saturated heterocycles. The van der Waals surface area contributed by atoms with Gasteiger partial charge in [0.1, 0.15) is 0 Å². The zero-order valence-corrected chi connectivity index (χ0v) is 10.7. The zero-order valence-electron chi connectivity index (χ0n) is 9.12. The number of nitrogens with one attached hydrogen (secondary N) is 1. The maximum Gasteiger partial charge on any atom is 0.0931 e. The van der Waals surface area contributed by atoms with Crippen LogP contribution in [0.5, 0.6) is 0 Å². The molecule has 0 spiro atoms. The largest absolute Gasteiger partial charge is 0.377 e. The predicted molar refractivity (Wildman–Crippen MR) is 67.7 cm³/mol.